The van der Waals surface area contributed by atoms with Gasteiger partial charge in [-0.25, -0.2) is 0 Å². The van der Waals surface area contributed by atoms with E-state index < -0.39 is 13.1 Å². The first kappa shape index (κ1) is 15.7. The molecule has 0 aromatic heterocycles. The average Bonchev–Trinajstić information content (AvgIpc) is 2.38. The van der Waals surface area contributed by atoms with Crippen LogP contribution in [0.3, 0.4) is 0 Å². The Morgan fingerprint density at radius 2 is 1.83 bits per heavy atom. The molecule has 0 atom stereocenters. The third kappa shape index (κ3) is 3.81. The highest BCUT2D eigenvalue weighted by atomic mass is 35.5. The molecule has 0 heterocycles. The molecule has 18 heavy (non-hydrogen) atoms. The molecule has 0 amide bonds. The summed E-state index contributed by atoms with van der Waals surface area (Å²) < 4.78 is 21.0. The van der Waals surface area contributed by atoms with Gasteiger partial charge >= 0.3 is 7.60 Å². The third-order valence-corrected chi connectivity index (χ3v) is 4.93. The molecule has 0 radical (unpaired) electrons. The molecule has 100 valence electrons. The summed E-state index contributed by atoms with van der Waals surface area (Å²) in [5.74, 6) is 0. The molecule has 4 nitrogen and oxygen atoms in total. The fourth-order valence-corrected chi connectivity index (χ4v) is 2.62. The summed E-state index contributed by atoms with van der Waals surface area (Å²) in [5, 5.41) is 0.870. The van der Waals surface area contributed by atoms with Crippen LogP contribution in [0.5, 0.6) is 0 Å². The summed E-state index contributed by atoms with van der Waals surface area (Å²) in [4.78, 5) is 11.7. The monoisotopic (exact) mass is 310 g/mol. The lowest BCUT2D eigenvalue weighted by Crippen LogP contribution is -2.05. The number of halogens is 2. The van der Waals surface area contributed by atoms with Crippen molar-refractivity contribution in [1.29, 1.82) is 0 Å². The molecule has 7 heteroatoms. The SMILES string of the molecule is COP(=O)(OC)C(=O)CCc1ccc(Cl)c(Cl)c1. The topological polar surface area (TPSA) is 52.6 Å². The first-order chi connectivity index (χ1) is 8.42. The van der Waals surface area contributed by atoms with E-state index in [-0.39, 0.29) is 6.42 Å². The second kappa shape index (κ2) is 6.69. The van der Waals surface area contributed by atoms with E-state index in [1.807, 2.05) is 0 Å². The minimum absolute atomic E-state index is 0.0525. The first-order valence-electron chi connectivity index (χ1n) is 5.12. The Bertz CT molecular complexity index is 482. The summed E-state index contributed by atoms with van der Waals surface area (Å²) in [5.41, 5.74) is 0.273. The van der Waals surface area contributed by atoms with Crippen LogP contribution in [-0.2, 0) is 24.8 Å². The predicted molar refractivity (Wildman–Crippen MR) is 71.4 cm³/mol. The Hall–Kier alpha value is -0.380. The lowest BCUT2D eigenvalue weighted by atomic mass is 10.1. The van der Waals surface area contributed by atoms with Crippen molar-refractivity contribution in [2.45, 2.75) is 12.8 Å². The van der Waals surface area contributed by atoms with Gasteiger partial charge in [-0.2, -0.15) is 0 Å². The molecule has 0 saturated heterocycles. The smallest absolute Gasteiger partial charge is 0.307 e. The lowest BCUT2D eigenvalue weighted by Gasteiger charge is -2.11. The highest BCUT2D eigenvalue weighted by molar-refractivity contribution is 7.71. The molecule has 0 aliphatic carbocycles. The molecule has 0 unspecified atom stereocenters. The lowest BCUT2D eigenvalue weighted by molar-refractivity contribution is -0.113. The largest absolute Gasteiger partial charge is 0.396 e. The van der Waals surface area contributed by atoms with E-state index in [4.69, 9.17) is 23.2 Å². The van der Waals surface area contributed by atoms with Crippen LogP contribution in [0.4, 0.5) is 0 Å². The van der Waals surface area contributed by atoms with Crippen LogP contribution in [0.25, 0.3) is 0 Å². The fourth-order valence-electron chi connectivity index (χ4n) is 1.36. The molecule has 0 saturated carbocycles. The molecule has 0 N–H and O–H groups in total. The maximum atomic E-state index is 11.8. The van der Waals surface area contributed by atoms with Crippen molar-refractivity contribution in [1.82, 2.24) is 0 Å². The van der Waals surface area contributed by atoms with Gasteiger partial charge < -0.3 is 9.05 Å². The van der Waals surface area contributed by atoms with Crippen molar-refractivity contribution in [3.05, 3.63) is 33.8 Å². The van der Waals surface area contributed by atoms with Gasteiger partial charge in [-0.05, 0) is 24.1 Å². The minimum Gasteiger partial charge on any atom is -0.307 e. The van der Waals surface area contributed by atoms with Gasteiger partial charge in [-0.3, -0.25) is 9.36 Å². The van der Waals surface area contributed by atoms with Crippen molar-refractivity contribution in [3.8, 4) is 0 Å². The third-order valence-electron chi connectivity index (χ3n) is 2.40. The number of hydrogen-bond acceptors (Lipinski definition) is 4. The van der Waals surface area contributed by atoms with Crippen molar-refractivity contribution in [3.63, 3.8) is 0 Å². The molecule has 0 bridgehead atoms. The fraction of sp³-hybridized carbons (Fsp3) is 0.364. The Balaban J connectivity index is 2.68. The number of rotatable bonds is 6. The Labute approximate surface area is 116 Å². The number of hydrogen-bond donors (Lipinski definition) is 0. The minimum atomic E-state index is -3.63. The zero-order valence-electron chi connectivity index (χ0n) is 9.98. The van der Waals surface area contributed by atoms with E-state index in [0.29, 0.717) is 16.5 Å². The summed E-state index contributed by atoms with van der Waals surface area (Å²) in [6.07, 6.45) is 0.448. The van der Waals surface area contributed by atoms with Gasteiger partial charge in [-0.1, -0.05) is 29.3 Å². The quantitative estimate of drug-likeness (QED) is 0.747. The zero-order chi connectivity index (χ0) is 13.8. The molecule has 0 aliphatic heterocycles. The molecular formula is C11H13Cl2O4P. The van der Waals surface area contributed by atoms with Gasteiger partial charge in [0.2, 0.25) is 5.52 Å². The Morgan fingerprint density at radius 1 is 1.22 bits per heavy atom. The summed E-state index contributed by atoms with van der Waals surface area (Å²) in [6.45, 7) is 0. The first-order valence-corrected chi connectivity index (χ1v) is 7.41. The van der Waals surface area contributed by atoms with E-state index in [2.05, 4.69) is 9.05 Å². The van der Waals surface area contributed by atoms with Crippen LogP contribution in [0.1, 0.15) is 12.0 Å². The van der Waals surface area contributed by atoms with E-state index >= 15 is 0 Å². The van der Waals surface area contributed by atoms with Crippen molar-refractivity contribution in [2.24, 2.45) is 0 Å². The van der Waals surface area contributed by atoms with Crippen LogP contribution in [-0.4, -0.2) is 19.7 Å². The number of aryl methyl sites for hydroxylation is 1. The van der Waals surface area contributed by atoms with Crippen LogP contribution in [0.15, 0.2) is 18.2 Å². The van der Waals surface area contributed by atoms with E-state index in [0.717, 1.165) is 5.56 Å². The summed E-state index contributed by atoms with van der Waals surface area (Å²) in [6, 6.07) is 5.07. The average molecular weight is 311 g/mol. The van der Waals surface area contributed by atoms with Gasteiger partial charge in [-0.15, -0.1) is 0 Å². The number of carbonyl (C=O) groups is 1. The van der Waals surface area contributed by atoms with Crippen molar-refractivity contribution >= 4 is 36.3 Å². The Morgan fingerprint density at radius 3 is 2.33 bits per heavy atom. The maximum absolute atomic E-state index is 11.8. The molecule has 0 spiro atoms. The van der Waals surface area contributed by atoms with Crippen LogP contribution < -0.4 is 0 Å². The van der Waals surface area contributed by atoms with Gasteiger partial charge in [0.15, 0.2) is 0 Å². The molecule has 1 aromatic rings. The van der Waals surface area contributed by atoms with Crippen LogP contribution in [0.2, 0.25) is 10.0 Å². The van der Waals surface area contributed by atoms with Gasteiger partial charge in [0, 0.05) is 20.6 Å². The zero-order valence-corrected chi connectivity index (χ0v) is 12.4. The summed E-state index contributed by atoms with van der Waals surface area (Å²) in [7, 11) is -1.26. The van der Waals surface area contributed by atoms with Crippen molar-refractivity contribution < 1.29 is 18.4 Å². The molecule has 1 aromatic carbocycles. The standard InChI is InChI=1S/C11H13Cl2O4P/c1-16-18(15,17-2)11(14)6-4-8-3-5-9(12)10(13)7-8/h3,5,7H,4,6H2,1-2H3. The highest BCUT2D eigenvalue weighted by Crippen LogP contribution is 2.48. The molecule has 0 fully saturated rings. The maximum Gasteiger partial charge on any atom is 0.396 e. The van der Waals surface area contributed by atoms with Crippen LogP contribution >= 0.6 is 30.8 Å². The van der Waals surface area contributed by atoms with Crippen molar-refractivity contribution in [2.75, 3.05) is 14.2 Å². The molecular weight excluding hydrogens is 298 g/mol. The molecule has 0 aliphatic rings. The van der Waals surface area contributed by atoms with E-state index in [1.54, 1.807) is 18.2 Å². The molecule has 1 rings (SSSR count). The van der Waals surface area contributed by atoms with E-state index in [1.165, 1.54) is 14.2 Å². The predicted octanol–water partition coefficient (Wildman–Crippen LogP) is 3.94. The highest BCUT2D eigenvalue weighted by Gasteiger charge is 2.31. The number of benzene rings is 1. The van der Waals surface area contributed by atoms with Gasteiger partial charge in [0.25, 0.3) is 0 Å². The number of carbonyl (C=O) groups excluding carboxylic acids is 1. The second-order valence-corrected chi connectivity index (χ2v) is 6.54. The normalized spacial score (nSPS) is 11.6. The van der Waals surface area contributed by atoms with Crippen LogP contribution in [0, 0.1) is 0 Å². The second-order valence-electron chi connectivity index (χ2n) is 3.50. The Kier molecular flexibility index (Phi) is 5.83. The summed E-state index contributed by atoms with van der Waals surface area (Å²) >= 11 is 11.6. The van der Waals surface area contributed by atoms with E-state index in [9.17, 15) is 9.36 Å². The van der Waals surface area contributed by atoms with Gasteiger partial charge in [0.1, 0.15) is 0 Å². The van der Waals surface area contributed by atoms with Gasteiger partial charge in [0.05, 0.1) is 10.0 Å².